The summed E-state index contributed by atoms with van der Waals surface area (Å²) in [6.07, 6.45) is 0. The number of aromatic nitrogens is 4. The van der Waals surface area contributed by atoms with Crippen LogP contribution in [0.3, 0.4) is 0 Å². The first-order valence-corrected chi connectivity index (χ1v) is 8.15. The van der Waals surface area contributed by atoms with Crippen LogP contribution in [0.25, 0.3) is 11.2 Å². The fraction of sp³-hybridized carbons (Fsp3) is 0.133. The summed E-state index contributed by atoms with van der Waals surface area (Å²) in [6.45, 7) is -0.345. The lowest BCUT2D eigenvalue weighted by Crippen LogP contribution is -2.14. The minimum absolute atomic E-state index is 0.0144. The van der Waals surface area contributed by atoms with Crippen molar-refractivity contribution < 1.29 is 19.4 Å². The van der Waals surface area contributed by atoms with E-state index in [4.69, 9.17) is 15.6 Å². The topological polar surface area (TPSA) is 133 Å². The molecule has 0 aliphatic heterocycles. The standard InChI is InChI=1S/C15H12IN5O4/c16-11-10-13(21(6-9(22)23)15(17)18-10)20-12(19-11)14(24)25-7-8-4-2-1-3-5-8/h1-5H,6-7H2,(H2,17,18)(H,22,23). The van der Waals surface area contributed by atoms with Gasteiger partial charge >= 0.3 is 11.9 Å². The largest absolute Gasteiger partial charge is 0.480 e. The van der Waals surface area contributed by atoms with Crippen LogP contribution in [0, 0.1) is 3.70 Å². The number of anilines is 1. The summed E-state index contributed by atoms with van der Waals surface area (Å²) in [6, 6.07) is 9.18. The van der Waals surface area contributed by atoms with Crippen molar-refractivity contribution in [1.82, 2.24) is 19.5 Å². The molecule has 1 aromatic carbocycles. The third-order valence-electron chi connectivity index (χ3n) is 3.27. The van der Waals surface area contributed by atoms with E-state index in [1.54, 1.807) is 0 Å². The second kappa shape index (κ2) is 7.01. The third kappa shape index (κ3) is 3.68. The summed E-state index contributed by atoms with van der Waals surface area (Å²) in [7, 11) is 0. The Kier molecular flexibility index (Phi) is 4.79. The van der Waals surface area contributed by atoms with Crippen molar-refractivity contribution in [3.63, 3.8) is 0 Å². The zero-order chi connectivity index (χ0) is 18.0. The maximum Gasteiger partial charge on any atom is 0.376 e. The van der Waals surface area contributed by atoms with E-state index in [-0.39, 0.29) is 24.0 Å². The Morgan fingerprint density at radius 2 is 1.92 bits per heavy atom. The van der Waals surface area contributed by atoms with Crippen molar-refractivity contribution in [3.8, 4) is 0 Å². The molecule has 0 saturated heterocycles. The van der Waals surface area contributed by atoms with E-state index in [9.17, 15) is 9.59 Å². The number of carbonyl (C=O) groups is 2. The number of halogens is 1. The first-order valence-electron chi connectivity index (χ1n) is 7.08. The van der Waals surface area contributed by atoms with Gasteiger partial charge in [-0.15, -0.1) is 0 Å². The zero-order valence-corrected chi connectivity index (χ0v) is 14.9. The van der Waals surface area contributed by atoms with Gasteiger partial charge in [0.05, 0.1) is 0 Å². The molecule has 0 unspecified atom stereocenters. The van der Waals surface area contributed by atoms with Gasteiger partial charge in [0.2, 0.25) is 11.8 Å². The number of esters is 1. The van der Waals surface area contributed by atoms with Gasteiger partial charge < -0.3 is 15.6 Å². The molecule has 3 N–H and O–H groups in total. The molecule has 2 aromatic heterocycles. The SMILES string of the molecule is Nc1nc2c(I)nc(C(=O)OCc3ccccc3)nc2n1CC(=O)O. The Hall–Kier alpha value is -2.76. The summed E-state index contributed by atoms with van der Waals surface area (Å²) in [5.41, 5.74) is 7.06. The molecule has 25 heavy (non-hydrogen) atoms. The molecule has 3 aromatic rings. The molecule has 0 aliphatic rings. The second-order valence-electron chi connectivity index (χ2n) is 5.02. The van der Waals surface area contributed by atoms with Crippen LogP contribution in [-0.4, -0.2) is 36.6 Å². The summed E-state index contributed by atoms with van der Waals surface area (Å²) >= 11 is 1.88. The average Bonchev–Trinajstić information content (AvgIpc) is 2.90. The van der Waals surface area contributed by atoms with Crippen LogP contribution in [0.5, 0.6) is 0 Å². The second-order valence-corrected chi connectivity index (χ2v) is 6.04. The monoisotopic (exact) mass is 453 g/mol. The van der Waals surface area contributed by atoms with Crippen molar-refractivity contribution in [2.45, 2.75) is 13.2 Å². The molecule has 0 spiro atoms. The van der Waals surface area contributed by atoms with Crippen molar-refractivity contribution in [1.29, 1.82) is 0 Å². The molecule has 3 rings (SSSR count). The first-order chi connectivity index (χ1) is 12.0. The predicted octanol–water partition coefficient (Wildman–Crippen LogP) is 1.45. The van der Waals surface area contributed by atoms with Gasteiger partial charge in [0.1, 0.15) is 22.4 Å². The molecule has 0 aliphatic carbocycles. The van der Waals surface area contributed by atoms with Crippen LogP contribution >= 0.6 is 22.6 Å². The number of hydrogen-bond acceptors (Lipinski definition) is 7. The summed E-state index contributed by atoms with van der Waals surface area (Å²) in [4.78, 5) is 35.4. The van der Waals surface area contributed by atoms with Gasteiger partial charge in [0.15, 0.2) is 5.65 Å². The number of nitrogens with two attached hydrogens (primary N) is 1. The number of ether oxygens (including phenoxy) is 1. The molecule has 0 bridgehead atoms. The highest BCUT2D eigenvalue weighted by Crippen LogP contribution is 2.20. The number of nitrogens with zero attached hydrogens (tertiary/aromatic N) is 4. The predicted molar refractivity (Wildman–Crippen MR) is 95.6 cm³/mol. The van der Waals surface area contributed by atoms with E-state index in [1.165, 1.54) is 4.57 Å². The lowest BCUT2D eigenvalue weighted by molar-refractivity contribution is -0.137. The Morgan fingerprint density at radius 1 is 1.20 bits per heavy atom. The number of carbonyl (C=O) groups excluding carboxylic acids is 1. The first kappa shape index (κ1) is 17.1. The van der Waals surface area contributed by atoms with Crippen molar-refractivity contribution >= 4 is 51.6 Å². The normalized spacial score (nSPS) is 10.8. The number of rotatable bonds is 5. The van der Waals surface area contributed by atoms with Gasteiger partial charge in [-0.25, -0.2) is 19.7 Å². The minimum atomic E-state index is -1.10. The maximum atomic E-state index is 12.2. The molecule has 128 valence electrons. The van der Waals surface area contributed by atoms with Crippen molar-refractivity contribution in [2.75, 3.05) is 5.73 Å². The maximum absolute atomic E-state index is 12.2. The Morgan fingerprint density at radius 3 is 2.60 bits per heavy atom. The number of carboxylic acid groups (broad SMARTS) is 1. The van der Waals surface area contributed by atoms with Gasteiger partial charge in [-0.1, -0.05) is 30.3 Å². The van der Waals surface area contributed by atoms with Crippen LogP contribution in [0.15, 0.2) is 30.3 Å². The molecule has 0 fully saturated rings. The molecule has 0 atom stereocenters. The molecule has 9 nitrogen and oxygen atoms in total. The molecular formula is C15H12IN5O4. The number of nitrogen functional groups attached to an aromatic ring is 1. The zero-order valence-electron chi connectivity index (χ0n) is 12.7. The number of aliphatic carboxylic acids is 1. The highest BCUT2D eigenvalue weighted by atomic mass is 127. The van der Waals surface area contributed by atoms with Crippen LogP contribution < -0.4 is 5.73 Å². The minimum Gasteiger partial charge on any atom is -0.480 e. The van der Waals surface area contributed by atoms with E-state index in [0.29, 0.717) is 9.22 Å². The van der Waals surface area contributed by atoms with Crippen LogP contribution in [0.4, 0.5) is 5.95 Å². The van der Waals surface area contributed by atoms with Gasteiger partial charge in [-0.2, -0.15) is 0 Å². The van der Waals surface area contributed by atoms with Crippen molar-refractivity contribution in [2.24, 2.45) is 0 Å². The number of benzene rings is 1. The Balaban J connectivity index is 1.91. The van der Waals surface area contributed by atoms with Crippen molar-refractivity contribution in [3.05, 3.63) is 45.4 Å². The fourth-order valence-corrected chi connectivity index (χ4v) is 2.74. The molecule has 0 radical (unpaired) electrons. The number of hydrogen-bond donors (Lipinski definition) is 2. The van der Waals surface area contributed by atoms with Gasteiger partial charge in [0, 0.05) is 0 Å². The van der Waals surface area contributed by atoms with Crippen LogP contribution in [0.1, 0.15) is 16.2 Å². The lowest BCUT2D eigenvalue weighted by atomic mass is 10.2. The van der Waals surface area contributed by atoms with E-state index >= 15 is 0 Å². The van der Waals surface area contributed by atoms with Gasteiger partial charge in [0.25, 0.3) is 0 Å². The highest BCUT2D eigenvalue weighted by molar-refractivity contribution is 14.1. The highest BCUT2D eigenvalue weighted by Gasteiger charge is 2.20. The Labute approximate surface area is 155 Å². The quantitative estimate of drug-likeness (QED) is 0.337. The van der Waals surface area contributed by atoms with Crippen LogP contribution in [0.2, 0.25) is 0 Å². The molecular weight excluding hydrogens is 441 g/mol. The lowest BCUT2D eigenvalue weighted by Gasteiger charge is -2.06. The van der Waals surface area contributed by atoms with Gasteiger partial charge in [-0.3, -0.25) is 9.36 Å². The number of carboxylic acids is 1. The van der Waals surface area contributed by atoms with E-state index in [1.807, 2.05) is 52.9 Å². The fourth-order valence-electron chi connectivity index (χ4n) is 2.15. The van der Waals surface area contributed by atoms with E-state index in [0.717, 1.165) is 5.56 Å². The molecule has 2 heterocycles. The number of fused-ring (bicyclic) bond motifs is 1. The van der Waals surface area contributed by atoms with Gasteiger partial charge in [-0.05, 0) is 28.2 Å². The Bertz CT molecular complexity index is 957. The molecule has 10 heteroatoms. The summed E-state index contributed by atoms with van der Waals surface area (Å²) < 4.78 is 6.78. The summed E-state index contributed by atoms with van der Waals surface area (Å²) in [5, 5.41) is 8.99. The molecule has 0 saturated carbocycles. The number of imidazole rings is 1. The van der Waals surface area contributed by atoms with Crippen LogP contribution in [-0.2, 0) is 22.7 Å². The van der Waals surface area contributed by atoms with E-state index < -0.39 is 18.5 Å². The molecule has 0 amide bonds. The third-order valence-corrected chi connectivity index (χ3v) is 4.02. The average molecular weight is 453 g/mol. The smallest absolute Gasteiger partial charge is 0.376 e. The summed E-state index contributed by atoms with van der Waals surface area (Å²) in [5.74, 6) is -2.02. The van der Waals surface area contributed by atoms with E-state index in [2.05, 4.69) is 15.0 Å².